The van der Waals surface area contributed by atoms with Gasteiger partial charge < -0.3 is 9.16 Å². The van der Waals surface area contributed by atoms with Crippen molar-refractivity contribution in [2.45, 2.75) is 58.9 Å². The van der Waals surface area contributed by atoms with Crippen molar-refractivity contribution in [3.8, 4) is 0 Å². The van der Waals surface area contributed by atoms with Crippen LogP contribution in [0.25, 0.3) is 0 Å². The van der Waals surface area contributed by atoms with Crippen molar-refractivity contribution in [1.29, 1.82) is 0 Å². The number of hydrogen-bond acceptors (Lipinski definition) is 4. The minimum Gasteiger partial charge on any atom is -0.517 e. The third-order valence-corrected chi connectivity index (χ3v) is 4.78. The van der Waals surface area contributed by atoms with Gasteiger partial charge in [-0.25, -0.2) is 9.59 Å². The normalized spacial score (nSPS) is 12.7. The van der Waals surface area contributed by atoms with Crippen LogP contribution in [-0.2, 0) is 18.8 Å². The summed E-state index contributed by atoms with van der Waals surface area (Å²) in [6.07, 6.45) is 1.25. The van der Waals surface area contributed by atoms with Crippen molar-refractivity contribution in [2.24, 2.45) is 0 Å². The summed E-state index contributed by atoms with van der Waals surface area (Å²) < 4.78 is 10.4. The quantitative estimate of drug-likeness (QED) is 0.406. The molecule has 104 valence electrons. The van der Waals surface area contributed by atoms with E-state index >= 15 is 0 Å². The average molecular weight is 272 g/mol. The molecule has 5 heteroatoms. The molecule has 0 bridgehead atoms. The highest BCUT2D eigenvalue weighted by molar-refractivity contribution is 6.72. The Kier molecular flexibility index (Phi) is 6.91. The number of rotatable bonds is 7. The predicted molar refractivity (Wildman–Crippen MR) is 73.7 cm³/mol. The maximum atomic E-state index is 11.8. The molecule has 0 aliphatic carbocycles. The molecular weight excluding hydrogens is 248 g/mol. The number of carbonyl (C=O) groups excluding carboxylic acids is 2. The number of unbranched alkanes of at least 4 members (excludes halogenated alkanes) is 1. The van der Waals surface area contributed by atoms with Crippen molar-refractivity contribution in [3.05, 3.63) is 12.2 Å². The molecule has 0 spiro atoms. The van der Waals surface area contributed by atoms with Gasteiger partial charge in [0.1, 0.15) is 0 Å². The predicted octanol–water partition coefficient (Wildman–Crippen LogP) is 3.04. The first-order valence-corrected chi connectivity index (χ1v) is 9.40. The largest absolute Gasteiger partial charge is 0.517 e. The van der Waals surface area contributed by atoms with Crippen LogP contribution in [0.2, 0.25) is 19.1 Å². The van der Waals surface area contributed by atoms with Gasteiger partial charge in [0.25, 0.3) is 0 Å². The fraction of sp³-hybridized carbons (Fsp3) is 0.692. The monoisotopic (exact) mass is 272 g/mol. The fourth-order valence-electron chi connectivity index (χ4n) is 1.32. The van der Waals surface area contributed by atoms with Crippen LogP contribution in [0.15, 0.2) is 12.2 Å². The molecule has 0 aromatic heterocycles. The molecule has 4 nitrogen and oxygen atoms in total. The van der Waals surface area contributed by atoms with Crippen molar-refractivity contribution in [3.63, 3.8) is 0 Å². The minimum atomic E-state index is -1.99. The molecule has 0 aromatic carbocycles. The van der Waals surface area contributed by atoms with Gasteiger partial charge in [-0.3, -0.25) is 0 Å². The lowest BCUT2D eigenvalue weighted by Crippen LogP contribution is -2.38. The molecule has 1 unspecified atom stereocenters. The lowest BCUT2D eigenvalue weighted by molar-refractivity contribution is -0.158. The SMILES string of the molecule is C=C(C)C(=O)OC(C)C(=O)O[Si](C)(C)CCCC. The highest BCUT2D eigenvalue weighted by Gasteiger charge is 2.30. The first kappa shape index (κ1) is 16.9. The van der Waals surface area contributed by atoms with Gasteiger partial charge in [0.15, 0.2) is 6.10 Å². The van der Waals surface area contributed by atoms with E-state index in [1.165, 1.54) is 6.92 Å². The summed E-state index contributed by atoms with van der Waals surface area (Å²) in [4.78, 5) is 23.1. The van der Waals surface area contributed by atoms with Crippen LogP contribution in [-0.4, -0.2) is 26.4 Å². The van der Waals surface area contributed by atoms with Gasteiger partial charge in [0.2, 0.25) is 8.32 Å². The maximum Gasteiger partial charge on any atom is 0.333 e. The third-order valence-electron chi connectivity index (χ3n) is 2.47. The van der Waals surface area contributed by atoms with Gasteiger partial charge in [0, 0.05) is 5.57 Å². The van der Waals surface area contributed by atoms with Gasteiger partial charge in [-0.2, -0.15) is 0 Å². The van der Waals surface area contributed by atoms with E-state index in [0.29, 0.717) is 0 Å². The van der Waals surface area contributed by atoms with Crippen LogP contribution in [0, 0.1) is 0 Å². The topological polar surface area (TPSA) is 52.6 Å². The number of hydrogen-bond donors (Lipinski definition) is 0. The van der Waals surface area contributed by atoms with E-state index in [1.54, 1.807) is 6.92 Å². The Morgan fingerprint density at radius 1 is 1.33 bits per heavy atom. The molecule has 0 aromatic rings. The van der Waals surface area contributed by atoms with Crippen molar-refractivity contribution < 1.29 is 18.8 Å². The Morgan fingerprint density at radius 3 is 2.33 bits per heavy atom. The lowest BCUT2D eigenvalue weighted by atomic mass is 10.3. The smallest absolute Gasteiger partial charge is 0.333 e. The van der Waals surface area contributed by atoms with Crippen molar-refractivity contribution in [2.75, 3.05) is 0 Å². The van der Waals surface area contributed by atoms with Crippen molar-refractivity contribution in [1.82, 2.24) is 0 Å². The Balaban J connectivity index is 4.30. The highest BCUT2D eigenvalue weighted by Crippen LogP contribution is 2.16. The Labute approximate surface area is 110 Å². The van der Waals surface area contributed by atoms with Crippen LogP contribution in [0.1, 0.15) is 33.6 Å². The van der Waals surface area contributed by atoms with E-state index < -0.39 is 26.4 Å². The summed E-state index contributed by atoms with van der Waals surface area (Å²) in [7, 11) is -1.99. The average Bonchev–Trinajstić information content (AvgIpc) is 2.25. The van der Waals surface area contributed by atoms with Gasteiger partial charge in [-0.05, 0) is 33.0 Å². The summed E-state index contributed by atoms with van der Waals surface area (Å²) in [6, 6.07) is 0.927. The number of ether oxygens (including phenoxy) is 1. The van der Waals surface area contributed by atoms with Crippen LogP contribution in [0.4, 0.5) is 0 Å². The second-order valence-corrected chi connectivity index (χ2v) is 9.34. The van der Waals surface area contributed by atoms with Gasteiger partial charge >= 0.3 is 11.9 Å². The standard InChI is InChI=1S/C13H24O4Si/c1-7-8-9-18(5,6)17-13(15)11(4)16-12(14)10(2)3/h11H,2,7-9H2,1,3-6H3. The minimum absolute atomic E-state index is 0.275. The molecule has 0 fully saturated rings. The number of esters is 1. The van der Waals surface area contributed by atoms with Crippen LogP contribution < -0.4 is 0 Å². The number of carbonyl (C=O) groups is 2. The Hall–Kier alpha value is -1.10. The van der Waals surface area contributed by atoms with E-state index in [0.717, 1.165) is 18.9 Å². The molecule has 0 rings (SSSR count). The Bertz CT molecular complexity index is 323. The zero-order chi connectivity index (χ0) is 14.3. The molecule has 0 saturated carbocycles. The first-order valence-electron chi connectivity index (χ1n) is 6.29. The third kappa shape index (κ3) is 6.59. The molecule has 0 radical (unpaired) electrons. The first-order chi connectivity index (χ1) is 8.19. The second kappa shape index (κ2) is 7.36. The summed E-state index contributed by atoms with van der Waals surface area (Å²) >= 11 is 0. The van der Waals surface area contributed by atoms with Crippen molar-refractivity contribution >= 4 is 20.3 Å². The van der Waals surface area contributed by atoms with Gasteiger partial charge in [-0.15, -0.1) is 0 Å². The second-order valence-electron chi connectivity index (χ2n) is 5.11. The summed E-state index contributed by atoms with van der Waals surface area (Å²) in [5.41, 5.74) is 0.275. The van der Waals surface area contributed by atoms with Crippen LogP contribution in [0.3, 0.4) is 0 Å². The molecule has 0 N–H and O–H groups in total. The molecule has 0 aliphatic heterocycles. The summed E-state index contributed by atoms with van der Waals surface area (Å²) in [5, 5.41) is 0. The molecule has 0 heterocycles. The van der Waals surface area contributed by atoms with Gasteiger partial charge in [0.05, 0.1) is 0 Å². The highest BCUT2D eigenvalue weighted by atomic mass is 28.4. The van der Waals surface area contributed by atoms with E-state index in [9.17, 15) is 9.59 Å². The molecule has 1 atom stereocenters. The lowest BCUT2D eigenvalue weighted by Gasteiger charge is -2.24. The maximum absolute atomic E-state index is 11.8. The van der Waals surface area contributed by atoms with E-state index in [1.807, 2.05) is 13.1 Å². The molecular formula is C13H24O4Si. The molecule has 0 amide bonds. The van der Waals surface area contributed by atoms with Crippen LogP contribution in [0.5, 0.6) is 0 Å². The molecule has 0 saturated heterocycles. The van der Waals surface area contributed by atoms with E-state index in [4.69, 9.17) is 9.16 Å². The fourth-order valence-corrected chi connectivity index (χ4v) is 3.34. The summed E-state index contributed by atoms with van der Waals surface area (Å²) in [6.45, 7) is 12.6. The van der Waals surface area contributed by atoms with Gasteiger partial charge in [-0.1, -0.05) is 26.3 Å². The van der Waals surface area contributed by atoms with E-state index in [2.05, 4.69) is 13.5 Å². The molecule has 18 heavy (non-hydrogen) atoms. The summed E-state index contributed by atoms with van der Waals surface area (Å²) in [5.74, 6) is -1.02. The van der Waals surface area contributed by atoms with E-state index in [-0.39, 0.29) is 5.57 Å². The molecule has 0 aliphatic rings. The Morgan fingerprint density at radius 2 is 1.89 bits per heavy atom. The van der Waals surface area contributed by atoms with Crippen LogP contribution >= 0.6 is 0 Å². The zero-order valence-electron chi connectivity index (χ0n) is 12.0. The zero-order valence-corrected chi connectivity index (χ0v) is 13.0.